The van der Waals surface area contributed by atoms with Crippen LogP contribution in [0.25, 0.3) is 0 Å². The summed E-state index contributed by atoms with van der Waals surface area (Å²) in [4.78, 5) is 0. The minimum absolute atomic E-state index is 0.445. The highest BCUT2D eigenvalue weighted by Gasteiger charge is 2.62. The summed E-state index contributed by atoms with van der Waals surface area (Å²) in [5.41, 5.74) is 13.7. The Morgan fingerprint density at radius 2 is 1.03 bits per heavy atom. The number of quaternary nitrogens is 1. The van der Waals surface area contributed by atoms with Crippen LogP contribution >= 0.6 is 0 Å². The molecule has 0 saturated carbocycles. The van der Waals surface area contributed by atoms with Crippen molar-refractivity contribution in [1.82, 2.24) is 4.39 Å². The monoisotopic (exact) mass is 485 g/mol. The standard InChI is InChI=1S/C35H40BN/c1-24(2)29-20-31(25(3)4)35(32(21-29)26(5)6)36-33-18-12-10-14-27(33)22-37(36,30-16-8-7-9-17-30)23-28-15-11-13-19-34(28)36/h7-21,24-26H,22-23H2,1-6H3. The Bertz CT molecular complexity index is 1390. The van der Waals surface area contributed by atoms with Crippen LogP contribution in [0.5, 0.6) is 0 Å². The highest BCUT2D eigenvalue weighted by Crippen LogP contribution is 2.45. The van der Waals surface area contributed by atoms with Crippen molar-refractivity contribution in [2.45, 2.75) is 72.4 Å². The second-order valence-electron chi connectivity index (χ2n) is 12.5. The quantitative estimate of drug-likeness (QED) is 0.266. The summed E-state index contributed by atoms with van der Waals surface area (Å²) in [5, 5.41) is 0. The zero-order valence-corrected chi connectivity index (χ0v) is 23.3. The first-order valence-electron chi connectivity index (χ1n) is 14.2. The van der Waals surface area contributed by atoms with Gasteiger partial charge in [0.2, 0.25) is 0 Å². The fourth-order valence-corrected chi connectivity index (χ4v) is 7.99. The summed E-state index contributed by atoms with van der Waals surface area (Å²) in [6.07, 6.45) is -1.29. The molecule has 0 aliphatic carbocycles. The van der Waals surface area contributed by atoms with Crippen molar-refractivity contribution in [1.29, 1.82) is 0 Å². The molecule has 6 rings (SSSR count). The third-order valence-corrected chi connectivity index (χ3v) is 9.52. The van der Waals surface area contributed by atoms with E-state index in [1.165, 1.54) is 22.4 Å². The molecule has 2 aliphatic rings. The molecule has 2 heteroatoms. The molecule has 4 aromatic carbocycles. The van der Waals surface area contributed by atoms with Gasteiger partial charge in [0.05, 0.1) is 18.8 Å². The molecule has 0 N–H and O–H groups in total. The van der Waals surface area contributed by atoms with E-state index in [2.05, 4.69) is 133 Å². The Labute approximate surface area is 223 Å². The van der Waals surface area contributed by atoms with Gasteiger partial charge in [0.15, 0.2) is 0 Å². The molecule has 0 atom stereocenters. The molecule has 0 bridgehead atoms. The largest absolute Gasteiger partial charge is 0.463 e. The van der Waals surface area contributed by atoms with Crippen LogP contribution < -0.4 is 20.8 Å². The number of para-hydroxylation sites is 1. The fourth-order valence-electron chi connectivity index (χ4n) is 7.99. The number of nitrogens with zero attached hydrogens (tertiary/aromatic N) is 1. The lowest BCUT2D eigenvalue weighted by molar-refractivity contribution is 0.436. The molecule has 0 radical (unpaired) electrons. The molecular weight excluding hydrogens is 445 g/mol. The maximum atomic E-state index is 2.56. The Hall–Kier alpha value is -3.10. The number of hydrogen-bond acceptors (Lipinski definition) is 0. The van der Waals surface area contributed by atoms with Crippen LogP contribution in [0.3, 0.4) is 0 Å². The lowest BCUT2D eigenvalue weighted by Crippen LogP contribution is -2.80. The molecule has 4 aromatic rings. The molecular formula is C35H40BN. The molecule has 0 saturated heterocycles. The summed E-state index contributed by atoms with van der Waals surface area (Å²) in [5.74, 6) is 1.40. The number of hydrogen-bond donors (Lipinski definition) is 0. The van der Waals surface area contributed by atoms with E-state index in [0.717, 1.165) is 17.5 Å². The van der Waals surface area contributed by atoms with Crippen LogP contribution in [-0.4, -0.2) is 6.28 Å². The van der Waals surface area contributed by atoms with Gasteiger partial charge in [-0.2, -0.15) is 0 Å². The van der Waals surface area contributed by atoms with E-state index in [4.69, 9.17) is 0 Å². The molecule has 0 spiro atoms. The van der Waals surface area contributed by atoms with Gasteiger partial charge < -0.3 is 4.39 Å². The van der Waals surface area contributed by atoms with Crippen LogP contribution in [-0.2, 0) is 13.1 Å². The summed E-state index contributed by atoms with van der Waals surface area (Å²) >= 11 is 0. The molecule has 0 unspecified atom stereocenters. The molecule has 0 aromatic heterocycles. The number of fused-ring (bicyclic) bond motifs is 5. The van der Waals surface area contributed by atoms with E-state index in [9.17, 15) is 0 Å². The van der Waals surface area contributed by atoms with Gasteiger partial charge in [-0.05, 0) is 46.6 Å². The summed E-state index contributed by atoms with van der Waals surface area (Å²) in [6, 6.07) is 35.3. The SMILES string of the molecule is CC(C)c1cc(C(C)C)c([B-]23c4ccccc4C[N+]2(c2ccccc2)Cc2ccccc23)c(C(C)C)c1. The van der Waals surface area contributed by atoms with Gasteiger partial charge >= 0.3 is 0 Å². The Morgan fingerprint density at radius 3 is 1.49 bits per heavy atom. The molecule has 188 valence electrons. The van der Waals surface area contributed by atoms with Crippen molar-refractivity contribution in [3.63, 3.8) is 0 Å². The first-order chi connectivity index (χ1) is 17.8. The van der Waals surface area contributed by atoms with E-state index in [-0.39, 0.29) is 0 Å². The normalized spacial score (nSPS) is 22.0. The lowest BCUT2D eigenvalue weighted by Gasteiger charge is -2.54. The first-order valence-corrected chi connectivity index (χ1v) is 14.2. The average Bonchev–Trinajstić information content (AvgIpc) is 3.35. The predicted octanol–water partition coefficient (Wildman–Crippen LogP) is 7.06. The van der Waals surface area contributed by atoms with E-state index < -0.39 is 6.28 Å². The zero-order chi connectivity index (χ0) is 25.9. The van der Waals surface area contributed by atoms with Gasteiger partial charge in [0.1, 0.15) is 0 Å². The average molecular weight is 486 g/mol. The number of benzene rings is 4. The maximum absolute atomic E-state index is 2.56. The first kappa shape index (κ1) is 24.3. The van der Waals surface area contributed by atoms with E-state index in [1.807, 2.05) is 0 Å². The highest BCUT2D eigenvalue weighted by atomic mass is 15.3. The third kappa shape index (κ3) is 3.28. The van der Waals surface area contributed by atoms with Crippen LogP contribution in [0.2, 0.25) is 0 Å². The van der Waals surface area contributed by atoms with Gasteiger partial charge in [0, 0.05) is 0 Å². The van der Waals surface area contributed by atoms with Gasteiger partial charge in [0.25, 0.3) is 6.28 Å². The Morgan fingerprint density at radius 1 is 0.568 bits per heavy atom. The van der Waals surface area contributed by atoms with E-state index in [0.29, 0.717) is 17.8 Å². The lowest BCUT2D eigenvalue weighted by atomic mass is 9.22. The van der Waals surface area contributed by atoms with Gasteiger partial charge in [-0.1, -0.05) is 132 Å². The maximum Gasteiger partial charge on any atom is 0.297 e. The zero-order valence-electron chi connectivity index (χ0n) is 23.3. The van der Waals surface area contributed by atoms with Crippen molar-refractivity contribution in [2.75, 3.05) is 0 Å². The highest BCUT2D eigenvalue weighted by molar-refractivity contribution is 7.14. The van der Waals surface area contributed by atoms with Gasteiger partial charge in [-0.3, -0.25) is 0 Å². The second-order valence-corrected chi connectivity index (χ2v) is 12.5. The fraction of sp³-hybridized carbons (Fsp3) is 0.314. The number of rotatable bonds is 5. The topological polar surface area (TPSA) is 0 Å². The van der Waals surface area contributed by atoms with Crippen molar-refractivity contribution in [2.24, 2.45) is 0 Å². The van der Waals surface area contributed by atoms with E-state index in [1.54, 1.807) is 27.5 Å². The molecule has 0 fully saturated rings. The summed E-state index contributed by atoms with van der Waals surface area (Å²) in [6.45, 7) is 16.4. The van der Waals surface area contributed by atoms with Crippen molar-refractivity contribution < 1.29 is 0 Å². The van der Waals surface area contributed by atoms with Crippen molar-refractivity contribution >= 4 is 28.4 Å². The molecule has 2 heterocycles. The summed E-state index contributed by atoms with van der Waals surface area (Å²) < 4.78 is 0.972. The van der Waals surface area contributed by atoms with Crippen LogP contribution in [0, 0.1) is 0 Å². The van der Waals surface area contributed by atoms with Gasteiger partial charge in [-0.15, -0.1) is 16.4 Å². The molecule has 2 aliphatic heterocycles. The van der Waals surface area contributed by atoms with Gasteiger partial charge in [-0.25, -0.2) is 0 Å². The molecule has 0 amide bonds. The van der Waals surface area contributed by atoms with Crippen molar-refractivity contribution in [3.05, 3.63) is 119 Å². The Balaban J connectivity index is 1.85. The predicted molar refractivity (Wildman–Crippen MR) is 162 cm³/mol. The van der Waals surface area contributed by atoms with Crippen LogP contribution in [0.1, 0.15) is 87.1 Å². The van der Waals surface area contributed by atoms with Crippen LogP contribution in [0.4, 0.5) is 5.69 Å². The third-order valence-electron chi connectivity index (χ3n) is 9.52. The molecule has 37 heavy (non-hydrogen) atoms. The van der Waals surface area contributed by atoms with Crippen LogP contribution in [0.15, 0.2) is 91.0 Å². The summed E-state index contributed by atoms with van der Waals surface area (Å²) in [7, 11) is 0. The Kier molecular flexibility index (Phi) is 5.73. The smallest absolute Gasteiger partial charge is 0.297 e. The second kappa shape index (κ2) is 8.74. The minimum Gasteiger partial charge on any atom is -0.463 e. The van der Waals surface area contributed by atoms with Crippen molar-refractivity contribution in [3.8, 4) is 0 Å². The molecule has 1 nitrogen and oxygen atoms in total. The van der Waals surface area contributed by atoms with E-state index >= 15 is 0 Å². The minimum atomic E-state index is -1.29.